The van der Waals surface area contributed by atoms with Crippen molar-refractivity contribution in [1.29, 1.82) is 0 Å². The molecule has 0 saturated heterocycles. The highest BCUT2D eigenvalue weighted by Crippen LogP contribution is 2.35. The zero-order chi connectivity index (χ0) is 15.4. The van der Waals surface area contributed by atoms with Gasteiger partial charge in [-0.1, -0.05) is 11.2 Å². The van der Waals surface area contributed by atoms with Crippen LogP contribution in [0.5, 0.6) is 11.5 Å². The van der Waals surface area contributed by atoms with Gasteiger partial charge in [-0.2, -0.15) is 0 Å². The third kappa shape index (κ3) is 3.48. The molecule has 2 aromatic rings. The Kier molecular flexibility index (Phi) is 5.08. The topological polar surface area (TPSA) is 67.8 Å². The van der Waals surface area contributed by atoms with Crippen LogP contribution in [0.25, 0.3) is 0 Å². The molecule has 0 unspecified atom stereocenters. The first-order valence-corrected chi connectivity index (χ1v) is 7.86. The summed E-state index contributed by atoms with van der Waals surface area (Å²) in [5.41, 5.74) is 6.18. The number of amidine groups is 1. The lowest BCUT2D eigenvalue weighted by molar-refractivity contribution is 0.318. The van der Waals surface area contributed by atoms with Crippen LogP contribution in [-0.4, -0.2) is 17.3 Å². The van der Waals surface area contributed by atoms with Gasteiger partial charge in [-0.3, -0.25) is 0 Å². The molecule has 110 valence electrons. The van der Waals surface area contributed by atoms with E-state index in [1.165, 1.54) is 23.9 Å². The summed E-state index contributed by atoms with van der Waals surface area (Å²) < 4.78 is 19.6. The molecule has 3 N–H and O–H groups in total. The fraction of sp³-hybridized carbons (Fsp3) is 0.0714. The number of halogens is 2. The molecular weight excluding hydrogens is 359 g/mol. The summed E-state index contributed by atoms with van der Waals surface area (Å²) in [5.74, 6) is 0.200. The number of nitrogens with zero attached hydrogens (tertiary/aromatic N) is 1. The number of nitrogens with two attached hydrogens (primary N) is 1. The molecule has 0 spiro atoms. The van der Waals surface area contributed by atoms with Crippen molar-refractivity contribution >= 4 is 33.5 Å². The Labute approximate surface area is 133 Å². The minimum absolute atomic E-state index is 0.0672. The van der Waals surface area contributed by atoms with Crippen molar-refractivity contribution in [3.8, 4) is 11.5 Å². The van der Waals surface area contributed by atoms with Gasteiger partial charge in [0.25, 0.3) is 0 Å². The van der Waals surface area contributed by atoms with Crippen LogP contribution in [0.1, 0.15) is 5.56 Å². The van der Waals surface area contributed by atoms with Gasteiger partial charge in [-0.15, -0.1) is 11.8 Å². The SMILES string of the molecule is CSc1cccc(Oc2cc(F)ccc2Br)c1/C(N)=N/O. The van der Waals surface area contributed by atoms with Gasteiger partial charge in [0.2, 0.25) is 0 Å². The second-order valence-corrected chi connectivity index (χ2v) is 5.70. The van der Waals surface area contributed by atoms with Crippen molar-refractivity contribution in [3.05, 3.63) is 52.3 Å². The zero-order valence-electron chi connectivity index (χ0n) is 11.0. The molecular formula is C14H12BrFN2O2S. The van der Waals surface area contributed by atoms with E-state index >= 15 is 0 Å². The molecule has 0 heterocycles. The Morgan fingerprint density at radius 1 is 1.33 bits per heavy atom. The lowest BCUT2D eigenvalue weighted by Gasteiger charge is -2.14. The highest BCUT2D eigenvalue weighted by molar-refractivity contribution is 9.10. The molecule has 0 bridgehead atoms. The van der Waals surface area contributed by atoms with Crippen LogP contribution in [0, 0.1) is 5.82 Å². The molecule has 0 saturated carbocycles. The minimum atomic E-state index is -0.417. The van der Waals surface area contributed by atoms with Gasteiger partial charge in [-0.05, 0) is 46.5 Å². The van der Waals surface area contributed by atoms with E-state index in [2.05, 4.69) is 21.1 Å². The predicted molar refractivity (Wildman–Crippen MR) is 84.9 cm³/mol. The first-order chi connectivity index (χ1) is 10.1. The predicted octanol–water partition coefficient (Wildman–Crippen LogP) is 4.20. The average molecular weight is 371 g/mol. The van der Waals surface area contributed by atoms with Gasteiger partial charge < -0.3 is 15.7 Å². The summed E-state index contributed by atoms with van der Waals surface area (Å²) in [6, 6.07) is 9.40. The van der Waals surface area contributed by atoms with Gasteiger partial charge in [-0.25, -0.2) is 4.39 Å². The quantitative estimate of drug-likeness (QED) is 0.278. The second kappa shape index (κ2) is 6.82. The van der Waals surface area contributed by atoms with Gasteiger partial charge in [0.1, 0.15) is 17.3 Å². The molecule has 0 aliphatic carbocycles. The van der Waals surface area contributed by atoms with Crippen molar-refractivity contribution < 1.29 is 14.3 Å². The Morgan fingerprint density at radius 2 is 2.10 bits per heavy atom. The number of thioether (sulfide) groups is 1. The lowest BCUT2D eigenvalue weighted by Crippen LogP contribution is -2.15. The van der Waals surface area contributed by atoms with E-state index in [1.807, 2.05) is 12.3 Å². The van der Waals surface area contributed by atoms with Crippen molar-refractivity contribution in [1.82, 2.24) is 0 Å². The summed E-state index contributed by atoms with van der Waals surface area (Å²) in [6.45, 7) is 0. The monoisotopic (exact) mass is 370 g/mol. The number of benzene rings is 2. The van der Waals surface area contributed by atoms with Crippen LogP contribution >= 0.6 is 27.7 Å². The van der Waals surface area contributed by atoms with Crippen LogP contribution in [0.15, 0.2) is 50.9 Å². The molecule has 0 atom stereocenters. The molecule has 0 radical (unpaired) electrons. The van der Waals surface area contributed by atoms with Crippen molar-refractivity contribution in [2.75, 3.05) is 6.26 Å². The molecule has 0 aliphatic heterocycles. The van der Waals surface area contributed by atoms with E-state index in [1.54, 1.807) is 18.2 Å². The van der Waals surface area contributed by atoms with E-state index in [0.29, 0.717) is 21.5 Å². The van der Waals surface area contributed by atoms with Crippen LogP contribution in [0.4, 0.5) is 4.39 Å². The van der Waals surface area contributed by atoms with Crippen molar-refractivity contribution in [2.24, 2.45) is 10.9 Å². The molecule has 7 heteroatoms. The van der Waals surface area contributed by atoms with Crippen molar-refractivity contribution in [3.63, 3.8) is 0 Å². The van der Waals surface area contributed by atoms with E-state index in [0.717, 1.165) is 4.90 Å². The molecule has 0 aromatic heterocycles. The Bertz CT molecular complexity index is 695. The standard InChI is InChI=1S/C14H12BrFN2O2S/c1-21-12-4-2-3-10(13(12)14(17)18-19)20-11-7-8(16)5-6-9(11)15/h2-7,19H,1H3,(H2,17,18). The van der Waals surface area contributed by atoms with Gasteiger partial charge in [0.15, 0.2) is 5.84 Å². The summed E-state index contributed by atoms with van der Waals surface area (Å²) in [7, 11) is 0. The zero-order valence-corrected chi connectivity index (χ0v) is 13.4. The maximum absolute atomic E-state index is 13.3. The van der Waals surface area contributed by atoms with Gasteiger partial charge in [0.05, 0.1) is 10.0 Å². The fourth-order valence-corrected chi connectivity index (χ4v) is 2.69. The third-order valence-electron chi connectivity index (χ3n) is 2.68. The lowest BCUT2D eigenvalue weighted by atomic mass is 10.2. The number of rotatable bonds is 4. The largest absolute Gasteiger partial charge is 0.455 e. The Balaban J connectivity index is 2.51. The summed E-state index contributed by atoms with van der Waals surface area (Å²) in [6.07, 6.45) is 1.87. The molecule has 2 rings (SSSR count). The molecule has 21 heavy (non-hydrogen) atoms. The summed E-state index contributed by atoms with van der Waals surface area (Å²) in [4.78, 5) is 0.787. The average Bonchev–Trinajstić information content (AvgIpc) is 2.49. The highest BCUT2D eigenvalue weighted by atomic mass is 79.9. The third-order valence-corrected chi connectivity index (χ3v) is 4.12. The Hall–Kier alpha value is -1.73. The normalized spacial score (nSPS) is 11.5. The molecule has 2 aromatic carbocycles. The number of oxime groups is 1. The fourth-order valence-electron chi connectivity index (χ4n) is 1.74. The van der Waals surface area contributed by atoms with Crippen molar-refractivity contribution in [2.45, 2.75) is 4.90 Å². The van der Waals surface area contributed by atoms with E-state index in [-0.39, 0.29) is 5.84 Å². The maximum Gasteiger partial charge on any atom is 0.175 e. The van der Waals surface area contributed by atoms with E-state index in [9.17, 15) is 4.39 Å². The van der Waals surface area contributed by atoms with Crippen LogP contribution in [-0.2, 0) is 0 Å². The van der Waals surface area contributed by atoms with Gasteiger partial charge in [0, 0.05) is 11.0 Å². The van der Waals surface area contributed by atoms with Crippen LogP contribution in [0.3, 0.4) is 0 Å². The van der Waals surface area contributed by atoms with E-state index in [4.69, 9.17) is 15.7 Å². The van der Waals surface area contributed by atoms with Gasteiger partial charge >= 0.3 is 0 Å². The Morgan fingerprint density at radius 3 is 2.76 bits per heavy atom. The molecule has 4 nitrogen and oxygen atoms in total. The second-order valence-electron chi connectivity index (χ2n) is 4.00. The maximum atomic E-state index is 13.3. The molecule has 0 aliphatic rings. The number of hydrogen-bond acceptors (Lipinski definition) is 4. The summed E-state index contributed by atoms with van der Waals surface area (Å²) in [5, 5.41) is 12.0. The smallest absolute Gasteiger partial charge is 0.175 e. The highest BCUT2D eigenvalue weighted by Gasteiger charge is 2.15. The van der Waals surface area contributed by atoms with Crippen LogP contribution in [0.2, 0.25) is 0 Å². The van der Waals surface area contributed by atoms with E-state index < -0.39 is 5.82 Å². The first kappa shape index (κ1) is 15.7. The molecule has 0 amide bonds. The minimum Gasteiger partial charge on any atom is -0.455 e. The molecule has 0 fully saturated rings. The number of hydrogen-bond donors (Lipinski definition) is 2. The summed E-state index contributed by atoms with van der Waals surface area (Å²) >= 11 is 4.73. The van der Waals surface area contributed by atoms with Crippen LogP contribution < -0.4 is 10.5 Å². The number of ether oxygens (including phenoxy) is 1. The first-order valence-electron chi connectivity index (χ1n) is 5.84.